The summed E-state index contributed by atoms with van der Waals surface area (Å²) in [6.45, 7) is 10.2. The number of benzene rings is 2. The molecule has 0 aliphatic carbocycles. The van der Waals surface area contributed by atoms with Crippen molar-refractivity contribution in [1.29, 1.82) is 0 Å². The maximum atomic E-state index is 14.1. The minimum atomic E-state index is -0.725. The number of rotatable bonds is 7. The Kier molecular flexibility index (Phi) is 8.18. The minimum Gasteiger partial charge on any atom is -0.463 e. The maximum Gasteiger partial charge on any atom is 0.338 e. The van der Waals surface area contributed by atoms with Crippen LogP contribution in [0.3, 0.4) is 0 Å². The zero-order valence-corrected chi connectivity index (χ0v) is 24.3. The molecule has 1 saturated heterocycles. The number of morpholine rings is 1. The molecular formula is C30H32N4O6S. The third-order valence-corrected chi connectivity index (χ3v) is 8.28. The second-order valence-electron chi connectivity index (χ2n) is 10.2. The molecular weight excluding hydrogens is 544 g/mol. The van der Waals surface area contributed by atoms with Crippen LogP contribution in [-0.4, -0.2) is 48.4 Å². The van der Waals surface area contributed by atoms with Crippen LogP contribution in [0.5, 0.6) is 0 Å². The summed E-state index contributed by atoms with van der Waals surface area (Å²) < 4.78 is 12.8. The average molecular weight is 577 g/mol. The van der Waals surface area contributed by atoms with Crippen LogP contribution in [0.2, 0.25) is 0 Å². The average Bonchev–Trinajstić information content (AvgIpc) is 3.26. The van der Waals surface area contributed by atoms with Gasteiger partial charge in [-0.25, -0.2) is 9.79 Å². The van der Waals surface area contributed by atoms with Gasteiger partial charge in [0, 0.05) is 36.5 Å². The highest BCUT2D eigenvalue weighted by Crippen LogP contribution is 2.32. The fourth-order valence-electron chi connectivity index (χ4n) is 5.17. The molecule has 5 rings (SSSR count). The van der Waals surface area contributed by atoms with E-state index < -0.39 is 16.9 Å². The molecule has 1 aromatic heterocycles. The molecule has 1 unspecified atom stereocenters. The largest absolute Gasteiger partial charge is 0.463 e. The highest BCUT2D eigenvalue weighted by molar-refractivity contribution is 7.07. The van der Waals surface area contributed by atoms with Gasteiger partial charge in [0.15, 0.2) is 4.80 Å². The molecule has 1 atom stereocenters. The Labute approximate surface area is 241 Å². The van der Waals surface area contributed by atoms with Gasteiger partial charge in [-0.2, -0.15) is 0 Å². The number of hydrogen-bond acceptors (Lipinski definition) is 9. The van der Waals surface area contributed by atoms with Crippen molar-refractivity contribution in [2.24, 2.45) is 4.99 Å². The number of anilines is 1. The van der Waals surface area contributed by atoms with E-state index in [-0.39, 0.29) is 17.9 Å². The van der Waals surface area contributed by atoms with Gasteiger partial charge in [0.2, 0.25) is 0 Å². The van der Waals surface area contributed by atoms with E-state index in [0.29, 0.717) is 58.4 Å². The zero-order valence-electron chi connectivity index (χ0n) is 23.5. The fraction of sp³-hybridized carbons (Fsp3) is 0.367. The molecule has 0 radical (unpaired) electrons. The molecule has 3 heterocycles. The number of carbonyl (C=O) groups is 1. The van der Waals surface area contributed by atoms with Crippen LogP contribution < -0.4 is 19.8 Å². The number of nitro benzene ring substituents is 1. The first-order valence-electron chi connectivity index (χ1n) is 13.6. The lowest BCUT2D eigenvalue weighted by atomic mass is 9.93. The minimum absolute atomic E-state index is 0.0652. The van der Waals surface area contributed by atoms with Crippen LogP contribution in [-0.2, 0) is 14.3 Å². The molecule has 0 bridgehead atoms. The second kappa shape index (κ2) is 11.8. The summed E-state index contributed by atoms with van der Waals surface area (Å²) in [5.74, 6) is -0.197. The summed E-state index contributed by atoms with van der Waals surface area (Å²) in [7, 11) is 0. The summed E-state index contributed by atoms with van der Waals surface area (Å²) in [4.78, 5) is 45.6. The van der Waals surface area contributed by atoms with Gasteiger partial charge in [-0.15, -0.1) is 0 Å². The Hall–Kier alpha value is -4.09. The summed E-state index contributed by atoms with van der Waals surface area (Å²) in [6, 6.07) is 11.8. The lowest BCUT2D eigenvalue weighted by molar-refractivity contribution is -0.384. The molecule has 214 valence electrons. The van der Waals surface area contributed by atoms with Crippen LogP contribution in [0.25, 0.3) is 6.08 Å². The Morgan fingerprint density at radius 1 is 1.22 bits per heavy atom. The van der Waals surface area contributed by atoms with E-state index in [0.717, 1.165) is 16.8 Å². The lowest BCUT2D eigenvalue weighted by Crippen LogP contribution is -2.40. The number of fused-ring (bicyclic) bond motifs is 1. The molecule has 1 fully saturated rings. The van der Waals surface area contributed by atoms with Crippen LogP contribution in [0, 0.1) is 10.1 Å². The van der Waals surface area contributed by atoms with Crippen LogP contribution in [0.4, 0.5) is 11.4 Å². The topological polar surface area (TPSA) is 116 Å². The quantitative estimate of drug-likeness (QED) is 0.239. The van der Waals surface area contributed by atoms with E-state index >= 15 is 0 Å². The fourth-order valence-corrected chi connectivity index (χ4v) is 6.21. The van der Waals surface area contributed by atoms with Crippen molar-refractivity contribution in [3.8, 4) is 0 Å². The van der Waals surface area contributed by atoms with Gasteiger partial charge >= 0.3 is 5.97 Å². The van der Waals surface area contributed by atoms with Gasteiger partial charge in [0.1, 0.15) is 0 Å². The number of aromatic nitrogens is 1. The van der Waals surface area contributed by atoms with Crippen molar-refractivity contribution in [3.05, 3.63) is 100 Å². The summed E-state index contributed by atoms with van der Waals surface area (Å²) in [5.41, 5.74) is 3.65. The normalized spacial score (nSPS) is 17.4. The number of non-ortho nitro benzene ring substituents is 1. The molecule has 3 aromatic rings. The van der Waals surface area contributed by atoms with E-state index in [1.54, 1.807) is 26.0 Å². The van der Waals surface area contributed by atoms with Crippen molar-refractivity contribution < 1.29 is 19.2 Å². The predicted molar refractivity (Wildman–Crippen MR) is 157 cm³/mol. The van der Waals surface area contributed by atoms with E-state index in [1.165, 1.54) is 28.0 Å². The van der Waals surface area contributed by atoms with Crippen molar-refractivity contribution in [3.63, 3.8) is 0 Å². The van der Waals surface area contributed by atoms with Crippen LogP contribution in [0.1, 0.15) is 56.3 Å². The molecule has 0 spiro atoms. The van der Waals surface area contributed by atoms with Gasteiger partial charge in [-0.05, 0) is 43.0 Å². The Morgan fingerprint density at radius 3 is 2.56 bits per heavy atom. The van der Waals surface area contributed by atoms with E-state index in [2.05, 4.69) is 23.7 Å². The standard InChI is InChI=1S/C30H32N4O6S/c1-5-40-29(36)26-19(4)31-30-33(27(26)21-8-6-20(7-9-21)18(2)3)28(35)25(41-30)17-22-16-23(34(37)38)10-11-24(22)32-12-14-39-15-13-32/h6-11,16-18,27H,5,12-15H2,1-4H3/b25-17-. The van der Waals surface area contributed by atoms with Gasteiger partial charge in [0.25, 0.3) is 11.2 Å². The molecule has 11 heteroatoms. The molecule has 0 N–H and O–H groups in total. The molecule has 2 aliphatic rings. The molecule has 10 nitrogen and oxygen atoms in total. The van der Waals surface area contributed by atoms with Gasteiger partial charge in [-0.3, -0.25) is 19.5 Å². The van der Waals surface area contributed by atoms with E-state index in [9.17, 15) is 19.7 Å². The SMILES string of the molecule is CCOC(=O)C1=C(C)N=c2s/c(=C\c3cc([N+](=O)[O-])ccc3N3CCOCC3)c(=O)n2C1c1ccc(C(C)C)cc1. The Balaban J connectivity index is 1.70. The highest BCUT2D eigenvalue weighted by atomic mass is 32.1. The van der Waals surface area contributed by atoms with Crippen molar-refractivity contribution in [2.75, 3.05) is 37.8 Å². The van der Waals surface area contributed by atoms with E-state index in [4.69, 9.17) is 9.47 Å². The van der Waals surface area contributed by atoms with Crippen LogP contribution >= 0.6 is 11.3 Å². The number of allylic oxidation sites excluding steroid dienone is 1. The number of esters is 1. The van der Waals surface area contributed by atoms with Gasteiger partial charge < -0.3 is 14.4 Å². The number of hydrogen-bond donors (Lipinski definition) is 0. The summed E-state index contributed by atoms with van der Waals surface area (Å²) >= 11 is 1.19. The molecule has 2 aliphatic heterocycles. The Morgan fingerprint density at radius 2 is 1.93 bits per heavy atom. The summed E-state index contributed by atoms with van der Waals surface area (Å²) in [6.07, 6.45) is 1.68. The van der Waals surface area contributed by atoms with Crippen molar-refractivity contribution in [1.82, 2.24) is 4.57 Å². The smallest absolute Gasteiger partial charge is 0.338 e. The number of nitro groups is 1. The number of nitrogens with zero attached hydrogens (tertiary/aromatic N) is 4. The highest BCUT2D eigenvalue weighted by Gasteiger charge is 2.33. The zero-order chi connectivity index (χ0) is 29.3. The maximum absolute atomic E-state index is 14.1. The lowest BCUT2D eigenvalue weighted by Gasteiger charge is -2.30. The second-order valence-corrected chi connectivity index (χ2v) is 11.2. The van der Waals surface area contributed by atoms with Gasteiger partial charge in [-0.1, -0.05) is 49.4 Å². The van der Waals surface area contributed by atoms with Crippen molar-refractivity contribution in [2.45, 2.75) is 39.7 Å². The third kappa shape index (κ3) is 5.59. The summed E-state index contributed by atoms with van der Waals surface area (Å²) in [5, 5.41) is 11.6. The molecule has 0 amide bonds. The first-order chi connectivity index (χ1) is 19.7. The molecule has 0 saturated carbocycles. The van der Waals surface area contributed by atoms with E-state index in [1.807, 2.05) is 24.3 Å². The number of ether oxygens (including phenoxy) is 2. The first-order valence-corrected chi connectivity index (χ1v) is 14.4. The Bertz CT molecular complexity index is 1700. The predicted octanol–water partition coefficient (Wildman–Crippen LogP) is 3.67. The van der Waals surface area contributed by atoms with Crippen molar-refractivity contribution >= 4 is 34.8 Å². The van der Waals surface area contributed by atoms with Crippen LogP contribution in [0.15, 0.2) is 63.5 Å². The monoisotopic (exact) mass is 576 g/mol. The first kappa shape index (κ1) is 28.4. The van der Waals surface area contributed by atoms with Gasteiger partial charge in [0.05, 0.1) is 46.6 Å². The number of carbonyl (C=O) groups excluding carboxylic acids is 1. The molecule has 2 aromatic carbocycles. The third-order valence-electron chi connectivity index (χ3n) is 7.30. The molecule has 41 heavy (non-hydrogen) atoms. The number of thiazole rings is 1.